The van der Waals surface area contributed by atoms with Gasteiger partial charge < -0.3 is 95.3 Å². The number of aliphatic carboxylic acids is 2. The molecular formula is C68H92N16O15. The van der Waals surface area contributed by atoms with Crippen molar-refractivity contribution in [3.05, 3.63) is 106 Å². The van der Waals surface area contributed by atoms with Crippen molar-refractivity contribution >= 4 is 77.0 Å². The van der Waals surface area contributed by atoms with Gasteiger partial charge in [0.25, 0.3) is 5.91 Å². The van der Waals surface area contributed by atoms with Crippen LogP contribution < -0.4 is 55.3 Å². The van der Waals surface area contributed by atoms with Crippen LogP contribution in [0.5, 0.6) is 0 Å². The smallest absolute Gasteiger partial charge is 0.326 e. The molecular weight excluding hydrogens is 1280 g/mol. The quantitative estimate of drug-likeness (QED) is 0.0214. The van der Waals surface area contributed by atoms with Crippen LogP contribution in [0.15, 0.2) is 82.8 Å². The lowest BCUT2D eigenvalue weighted by Crippen LogP contribution is -2.63. The zero-order valence-electron chi connectivity index (χ0n) is 55.3. The Hall–Kier alpha value is -9.75. The predicted molar refractivity (Wildman–Crippen MR) is 358 cm³/mol. The number of aliphatic hydroxyl groups is 2. The van der Waals surface area contributed by atoms with E-state index in [-0.39, 0.29) is 113 Å². The van der Waals surface area contributed by atoms with Gasteiger partial charge in [-0.1, -0.05) is 86.3 Å². The molecule has 2 saturated carbocycles. The number of carbonyl (C=O) groups is 11. The van der Waals surface area contributed by atoms with Gasteiger partial charge in [0.05, 0.1) is 19.6 Å². The van der Waals surface area contributed by atoms with Crippen molar-refractivity contribution in [3.8, 4) is 0 Å². The second kappa shape index (κ2) is 33.7. The number of guanidine groups is 2. The highest BCUT2D eigenvalue weighted by Gasteiger charge is 2.54. The average molecular weight is 1370 g/mol. The number of hydrogen-bond acceptors (Lipinski definition) is 16. The number of benzene rings is 3. The Kier molecular flexibility index (Phi) is 25.0. The van der Waals surface area contributed by atoms with Crippen LogP contribution >= 0.6 is 0 Å². The lowest BCUT2D eigenvalue weighted by Gasteiger charge is -2.42. The molecule has 9 rings (SSSR count). The third-order valence-electron chi connectivity index (χ3n) is 20.1. The zero-order chi connectivity index (χ0) is 71.2. The van der Waals surface area contributed by atoms with E-state index in [0.717, 1.165) is 25.7 Å². The number of aliphatic imine (C=N–C) groups is 2. The third kappa shape index (κ3) is 17.8. The fraction of sp³-hybridized carbons (Fsp3) is 0.544. The second-order valence-corrected chi connectivity index (χ2v) is 26.5. The minimum atomic E-state index is -1.88. The number of carboxylic acid groups (broad SMARTS) is 2. The van der Waals surface area contributed by atoms with E-state index < -0.39 is 151 Å². The van der Waals surface area contributed by atoms with Gasteiger partial charge in [0.15, 0.2) is 11.9 Å². The SMILES string of the molecule is NCc1ccc(C(=O)N[C@H](CC(=O)N[C@@H](CO)C(=O)N2Cc3ccccc3C[C@@H]2C(=O)N2C3CCCCC3C[C@H]2C(=O)N[C@@H](CCCN=C(N)N)C(=O)O)C(=O)N[C@@H](CO)C(=O)N2Cc3ccccc3C[C@@H]2C(=O)N2C3CCCCC3C[C@H]2C(=O)N[C@@H](CCCN=C(N)N)C(=O)O)cc1. The number of rotatable bonds is 28. The van der Waals surface area contributed by atoms with Crippen LogP contribution in [0.4, 0.5) is 0 Å². The summed E-state index contributed by atoms with van der Waals surface area (Å²) in [5, 5.41) is 55.3. The second-order valence-electron chi connectivity index (χ2n) is 26.5. The van der Waals surface area contributed by atoms with Gasteiger partial charge in [0.1, 0.15) is 54.4 Å². The fourth-order valence-corrected chi connectivity index (χ4v) is 15.1. The first kappa shape index (κ1) is 73.5. The molecule has 19 N–H and O–H groups in total. The molecule has 2 saturated heterocycles. The van der Waals surface area contributed by atoms with Gasteiger partial charge in [-0.25, -0.2) is 9.59 Å². The van der Waals surface area contributed by atoms with Crippen molar-refractivity contribution in [2.24, 2.45) is 50.5 Å². The Balaban J connectivity index is 0.956. The molecule has 99 heavy (non-hydrogen) atoms. The van der Waals surface area contributed by atoms with Crippen molar-refractivity contribution in [2.45, 2.75) is 195 Å². The van der Waals surface area contributed by atoms with E-state index in [9.17, 15) is 54.0 Å². The van der Waals surface area contributed by atoms with Gasteiger partial charge in [0.2, 0.25) is 47.3 Å². The number of aliphatic hydroxyl groups excluding tert-OH is 2. The summed E-state index contributed by atoms with van der Waals surface area (Å²) >= 11 is 0. The summed E-state index contributed by atoms with van der Waals surface area (Å²) in [7, 11) is 0. The van der Waals surface area contributed by atoms with Gasteiger partial charge in [-0.15, -0.1) is 0 Å². The predicted octanol–water partition coefficient (Wildman–Crippen LogP) is -1.94. The number of likely N-dealkylation sites (tertiary alicyclic amines) is 2. The van der Waals surface area contributed by atoms with Crippen molar-refractivity contribution < 1.29 is 73.2 Å². The highest BCUT2D eigenvalue weighted by Crippen LogP contribution is 2.43. The lowest BCUT2D eigenvalue weighted by molar-refractivity contribution is -0.154. The Morgan fingerprint density at radius 2 is 0.929 bits per heavy atom. The van der Waals surface area contributed by atoms with Crippen LogP contribution in [-0.4, -0.2) is 210 Å². The molecule has 3 aromatic carbocycles. The number of carboxylic acids is 2. The topological polar surface area (TPSA) is 497 Å². The number of amides is 9. The molecule has 0 radical (unpaired) electrons. The largest absolute Gasteiger partial charge is 0.480 e. The molecule has 9 amide bonds. The maximum atomic E-state index is 15.5. The minimum Gasteiger partial charge on any atom is -0.480 e. The molecule has 4 fully saturated rings. The molecule has 4 unspecified atom stereocenters. The Morgan fingerprint density at radius 1 is 0.505 bits per heavy atom. The Morgan fingerprint density at radius 3 is 1.34 bits per heavy atom. The molecule has 13 atom stereocenters. The first-order valence-corrected chi connectivity index (χ1v) is 34.0. The zero-order valence-corrected chi connectivity index (χ0v) is 55.3. The van der Waals surface area contributed by atoms with Crippen LogP contribution in [-0.2, 0) is 80.4 Å². The maximum absolute atomic E-state index is 15.5. The van der Waals surface area contributed by atoms with E-state index in [4.69, 9.17) is 28.7 Å². The summed E-state index contributed by atoms with van der Waals surface area (Å²) < 4.78 is 0. The van der Waals surface area contributed by atoms with E-state index in [1.807, 2.05) is 0 Å². The van der Waals surface area contributed by atoms with E-state index in [2.05, 4.69) is 36.6 Å². The summed E-state index contributed by atoms with van der Waals surface area (Å²) in [5.41, 5.74) is 31.0. The van der Waals surface area contributed by atoms with Crippen molar-refractivity contribution in [2.75, 3.05) is 26.3 Å². The van der Waals surface area contributed by atoms with E-state index >= 15 is 19.2 Å². The number of fused-ring (bicyclic) bond motifs is 4. The monoisotopic (exact) mass is 1370 g/mol. The van der Waals surface area contributed by atoms with Crippen LogP contribution in [0, 0.1) is 11.8 Å². The molecule has 0 aromatic heterocycles. The van der Waals surface area contributed by atoms with Crippen molar-refractivity contribution in [1.29, 1.82) is 0 Å². The molecule has 534 valence electrons. The molecule has 2 aliphatic carbocycles. The summed E-state index contributed by atoms with van der Waals surface area (Å²) in [6.45, 7) is -2.14. The van der Waals surface area contributed by atoms with Crippen LogP contribution in [0.1, 0.15) is 134 Å². The summed E-state index contributed by atoms with van der Waals surface area (Å²) in [5.74, 6) is -10.8. The number of hydrogen-bond donors (Lipinski definition) is 14. The van der Waals surface area contributed by atoms with E-state index in [0.29, 0.717) is 53.5 Å². The molecule has 3 aromatic rings. The summed E-state index contributed by atoms with van der Waals surface area (Å²) in [4.78, 5) is 172. The van der Waals surface area contributed by atoms with Crippen LogP contribution in [0.3, 0.4) is 0 Å². The maximum Gasteiger partial charge on any atom is 0.326 e. The summed E-state index contributed by atoms with van der Waals surface area (Å²) in [6.07, 6.45) is 5.34. The molecule has 0 spiro atoms. The Bertz CT molecular complexity index is 3550. The first-order valence-electron chi connectivity index (χ1n) is 34.0. The molecule has 6 aliphatic rings. The first-order chi connectivity index (χ1) is 47.5. The lowest BCUT2D eigenvalue weighted by atomic mass is 9.84. The molecule has 31 heteroatoms. The minimum absolute atomic E-state index is 0.0203. The van der Waals surface area contributed by atoms with Crippen molar-refractivity contribution in [1.82, 2.24) is 46.2 Å². The van der Waals surface area contributed by atoms with Gasteiger partial charge in [-0.3, -0.25) is 53.1 Å². The third-order valence-corrected chi connectivity index (χ3v) is 20.1. The fourth-order valence-electron chi connectivity index (χ4n) is 15.1. The normalized spacial score (nSPS) is 22.9. The van der Waals surface area contributed by atoms with Gasteiger partial charge in [-0.2, -0.15) is 0 Å². The van der Waals surface area contributed by atoms with Crippen molar-refractivity contribution in [3.63, 3.8) is 0 Å². The van der Waals surface area contributed by atoms with Gasteiger partial charge in [-0.05, 0) is 116 Å². The number of carbonyl (C=O) groups excluding carboxylic acids is 9. The standard InChI is InChI=1S/C68H92N16O15/c69-32-37-21-23-38(24-22-37)57(88)79-47(58(89)80-49(36-86)62(93)82-34-44-16-4-2-12-40(44)28-55(82)64(95)84-51-20-8-6-14-42(51)30-53(84)60(91)78-46(66(98)99)18-10-26-75-68(72)73)31-56(87)76-48(35-85)61(92)81-33-43-15-3-1-11-39(43)27-54(81)63(94)83-50-19-7-5-13-41(50)29-52(83)59(90)77-45(65(96)97)17-9-25-74-67(70)71/h1-4,11-12,15-16,21-24,41-42,45-55,85-86H,5-10,13-14,17-20,25-36,69H2,(H,76,87)(H,77,90)(H,78,91)(H,79,88)(H,80,89)(H,96,97)(H,98,99)(H4,70,71,74)(H4,72,73,75)/t41?,42?,45-,46-,47+,48-,49-,50?,51?,52-,53-,54+,55+/m0/s1. The number of nitrogens with two attached hydrogens (primary N) is 5. The molecule has 31 nitrogen and oxygen atoms in total. The average Bonchev–Trinajstić information content (AvgIpc) is 1.69. The highest BCUT2D eigenvalue weighted by molar-refractivity contribution is 6.02. The molecule has 0 bridgehead atoms. The number of nitrogens with zero attached hydrogens (tertiary/aromatic N) is 6. The van der Waals surface area contributed by atoms with E-state index in [1.165, 1.54) is 31.7 Å². The number of nitrogens with one attached hydrogen (secondary N) is 5. The molecule has 4 heterocycles. The van der Waals surface area contributed by atoms with Gasteiger partial charge >= 0.3 is 11.9 Å². The summed E-state index contributed by atoms with van der Waals surface area (Å²) in [6, 6.07) is 6.10. The van der Waals surface area contributed by atoms with E-state index in [1.54, 1.807) is 60.7 Å². The van der Waals surface area contributed by atoms with Crippen LogP contribution in [0.2, 0.25) is 0 Å². The molecule has 4 aliphatic heterocycles. The van der Waals surface area contributed by atoms with Crippen LogP contribution in [0.25, 0.3) is 0 Å². The van der Waals surface area contributed by atoms with Gasteiger partial charge in [0, 0.05) is 63.2 Å². The Labute approximate surface area is 572 Å². The highest BCUT2D eigenvalue weighted by atomic mass is 16.4.